The number of nitrogens with two attached hydrogens (primary N) is 1. The highest BCUT2D eigenvalue weighted by Crippen LogP contribution is 2.18. The first-order valence-electron chi connectivity index (χ1n) is 8.33. The minimum absolute atomic E-state index is 0.0206. The fraction of sp³-hybridized carbons (Fsp3) is 0.588. The van der Waals surface area contributed by atoms with Gasteiger partial charge in [0.1, 0.15) is 0 Å². The molecule has 0 spiro atoms. The van der Waals surface area contributed by atoms with Crippen molar-refractivity contribution in [3.05, 3.63) is 29.3 Å². The van der Waals surface area contributed by atoms with Gasteiger partial charge >= 0.3 is 0 Å². The summed E-state index contributed by atoms with van der Waals surface area (Å²) in [5.74, 6) is 0.477. The van der Waals surface area contributed by atoms with Crippen LogP contribution in [-0.4, -0.2) is 56.8 Å². The van der Waals surface area contributed by atoms with E-state index < -0.39 is 10.0 Å². The summed E-state index contributed by atoms with van der Waals surface area (Å²) in [4.78, 5) is 17.0. The Morgan fingerprint density at radius 3 is 2.54 bits per heavy atom. The maximum atomic E-state index is 12.9. The second-order valence-corrected chi connectivity index (χ2v) is 8.42. The Bertz CT molecular complexity index is 701. The Kier molecular flexibility index (Phi) is 6.01. The van der Waals surface area contributed by atoms with E-state index in [1.807, 2.05) is 11.8 Å². The molecule has 24 heavy (non-hydrogen) atoms. The van der Waals surface area contributed by atoms with Gasteiger partial charge in [-0.05, 0) is 43.5 Å². The molecule has 1 heterocycles. The van der Waals surface area contributed by atoms with E-state index in [2.05, 4.69) is 18.7 Å². The second-order valence-electron chi connectivity index (χ2n) is 6.86. The quantitative estimate of drug-likeness (QED) is 0.888. The van der Waals surface area contributed by atoms with Crippen LogP contribution in [0.3, 0.4) is 0 Å². The fourth-order valence-electron chi connectivity index (χ4n) is 3.05. The first-order chi connectivity index (χ1) is 11.2. The van der Waals surface area contributed by atoms with Crippen molar-refractivity contribution in [1.82, 2.24) is 9.80 Å². The number of sulfonamides is 1. The summed E-state index contributed by atoms with van der Waals surface area (Å²) in [5, 5.41) is 5.18. The zero-order chi connectivity index (χ0) is 17.9. The molecule has 0 unspecified atom stereocenters. The molecule has 6 nitrogen and oxygen atoms in total. The number of carbonyl (C=O) groups is 1. The van der Waals surface area contributed by atoms with Gasteiger partial charge < -0.3 is 9.80 Å². The van der Waals surface area contributed by atoms with Gasteiger partial charge in [-0.2, -0.15) is 0 Å². The Labute approximate surface area is 144 Å². The molecule has 7 heteroatoms. The summed E-state index contributed by atoms with van der Waals surface area (Å²) in [7, 11) is -3.81. The van der Waals surface area contributed by atoms with Crippen LogP contribution in [0.5, 0.6) is 0 Å². The first-order valence-corrected chi connectivity index (χ1v) is 9.88. The molecule has 0 aromatic heterocycles. The average Bonchev–Trinajstić information content (AvgIpc) is 2.71. The lowest BCUT2D eigenvalue weighted by molar-refractivity contribution is 0.0760. The number of aryl methyl sites for hydroxylation is 1. The minimum Gasteiger partial charge on any atom is -0.337 e. The van der Waals surface area contributed by atoms with Gasteiger partial charge in [-0.15, -0.1) is 0 Å². The zero-order valence-electron chi connectivity index (χ0n) is 14.7. The number of primary sulfonamides is 1. The summed E-state index contributed by atoms with van der Waals surface area (Å²) in [6.45, 7) is 10.4. The van der Waals surface area contributed by atoms with E-state index >= 15 is 0 Å². The molecule has 1 aromatic rings. The van der Waals surface area contributed by atoms with Crippen LogP contribution < -0.4 is 5.14 Å². The van der Waals surface area contributed by atoms with Crippen molar-refractivity contribution in [2.75, 3.05) is 32.7 Å². The molecule has 0 saturated carbocycles. The molecule has 1 fully saturated rings. The van der Waals surface area contributed by atoms with Crippen LogP contribution in [-0.2, 0) is 10.0 Å². The fourth-order valence-corrected chi connectivity index (χ4v) is 3.59. The van der Waals surface area contributed by atoms with Crippen LogP contribution in [0.1, 0.15) is 36.2 Å². The molecule has 1 aromatic carbocycles. The molecule has 0 aliphatic carbocycles. The standard InChI is InChI=1S/C17H27N3O3S/c1-13(2)12-19-7-4-8-20(10-9-19)17(21)16-11-15(24(18,22)23)6-5-14(16)3/h5-6,11,13H,4,7-10,12H2,1-3H3,(H2,18,22,23). The summed E-state index contributed by atoms with van der Waals surface area (Å²) in [6.07, 6.45) is 0.923. The van der Waals surface area contributed by atoms with Gasteiger partial charge in [0.15, 0.2) is 0 Å². The maximum absolute atomic E-state index is 12.9. The molecule has 2 rings (SSSR count). The summed E-state index contributed by atoms with van der Waals surface area (Å²) < 4.78 is 23.1. The van der Waals surface area contributed by atoms with Gasteiger partial charge in [-0.1, -0.05) is 19.9 Å². The van der Waals surface area contributed by atoms with Crippen LogP contribution in [0.2, 0.25) is 0 Å². The van der Waals surface area contributed by atoms with Crippen molar-refractivity contribution in [1.29, 1.82) is 0 Å². The van der Waals surface area contributed by atoms with E-state index in [0.29, 0.717) is 24.6 Å². The Morgan fingerprint density at radius 2 is 1.92 bits per heavy atom. The number of nitrogens with zero attached hydrogens (tertiary/aromatic N) is 2. The molecule has 1 saturated heterocycles. The smallest absolute Gasteiger partial charge is 0.254 e. The highest BCUT2D eigenvalue weighted by molar-refractivity contribution is 7.89. The summed E-state index contributed by atoms with van der Waals surface area (Å²) in [5.41, 5.74) is 1.18. The lowest BCUT2D eigenvalue weighted by atomic mass is 10.1. The van der Waals surface area contributed by atoms with Crippen molar-refractivity contribution < 1.29 is 13.2 Å². The monoisotopic (exact) mass is 353 g/mol. The summed E-state index contributed by atoms with van der Waals surface area (Å²) >= 11 is 0. The third kappa shape index (κ3) is 4.78. The van der Waals surface area contributed by atoms with Crippen molar-refractivity contribution in [3.8, 4) is 0 Å². The third-order valence-electron chi connectivity index (χ3n) is 4.27. The predicted octanol–water partition coefficient (Wildman–Crippen LogP) is 1.45. The molecule has 1 aliphatic heterocycles. The lowest BCUT2D eigenvalue weighted by Gasteiger charge is -2.23. The minimum atomic E-state index is -3.81. The molecule has 1 aliphatic rings. The van der Waals surface area contributed by atoms with Crippen LogP contribution >= 0.6 is 0 Å². The normalized spacial score (nSPS) is 17.1. The largest absolute Gasteiger partial charge is 0.337 e. The Balaban J connectivity index is 2.17. The van der Waals surface area contributed by atoms with Gasteiger partial charge in [-0.3, -0.25) is 4.79 Å². The average molecular weight is 353 g/mol. The van der Waals surface area contributed by atoms with Crippen molar-refractivity contribution in [3.63, 3.8) is 0 Å². The molecular weight excluding hydrogens is 326 g/mol. The number of hydrogen-bond donors (Lipinski definition) is 1. The number of amides is 1. The number of benzene rings is 1. The van der Waals surface area contributed by atoms with Gasteiger partial charge in [0.2, 0.25) is 10.0 Å². The van der Waals surface area contributed by atoms with Crippen LogP contribution in [0.15, 0.2) is 23.1 Å². The lowest BCUT2D eigenvalue weighted by Crippen LogP contribution is -2.36. The van der Waals surface area contributed by atoms with E-state index in [1.54, 1.807) is 6.07 Å². The predicted molar refractivity (Wildman–Crippen MR) is 94.4 cm³/mol. The number of rotatable bonds is 4. The number of hydrogen-bond acceptors (Lipinski definition) is 4. The van der Waals surface area contributed by atoms with Crippen LogP contribution in [0.4, 0.5) is 0 Å². The number of carbonyl (C=O) groups excluding carboxylic acids is 1. The van der Waals surface area contributed by atoms with E-state index in [1.165, 1.54) is 12.1 Å². The van der Waals surface area contributed by atoms with Crippen LogP contribution in [0.25, 0.3) is 0 Å². The topological polar surface area (TPSA) is 83.7 Å². The van der Waals surface area contributed by atoms with Gasteiger partial charge in [0.25, 0.3) is 5.91 Å². The maximum Gasteiger partial charge on any atom is 0.254 e. The SMILES string of the molecule is Cc1ccc(S(N)(=O)=O)cc1C(=O)N1CCCN(CC(C)C)CC1. The molecule has 0 radical (unpaired) electrons. The highest BCUT2D eigenvalue weighted by atomic mass is 32.2. The highest BCUT2D eigenvalue weighted by Gasteiger charge is 2.23. The second kappa shape index (κ2) is 7.63. The molecule has 0 atom stereocenters. The van der Waals surface area contributed by atoms with E-state index in [-0.39, 0.29) is 10.8 Å². The zero-order valence-corrected chi connectivity index (χ0v) is 15.5. The van der Waals surface area contributed by atoms with Gasteiger partial charge in [-0.25, -0.2) is 13.6 Å². The molecule has 2 N–H and O–H groups in total. The summed E-state index contributed by atoms with van der Waals surface area (Å²) in [6, 6.07) is 4.47. The molecule has 134 valence electrons. The van der Waals surface area contributed by atoms with E-state index in [0.717, 1.165) is 31.6 Å². The van der Waals surface area contributed by atoms with E-state index in [4.69, 9.17) is 5.14 Å². The Morgan fingerprint density at radius 1 is 1.21 bits per heavy atom. The molecule has 0 bridgehead atoms. The van der Waals surface area contributed by atoms with Crippen molar-refractivity contribution in [2.45, 2.75) is 32.1 Å². The Hall–Kier alpha value is -1.44. The van der Waals surface area contributed by atoms with Crippen LogP contribution in [0, 0.1) is 12.8 Å². The first kappa shape index (κ1) is 18.9. The molecular formula is C17H27N3O3S. The third-order valence-corrected chi connectivity index (χ3v) is 5.18. The van der Waals surface area contributed by atoms with Gasteiger partial charge in [0, 0.05) is 31.7 Å². The van der Waals surface area contributed by atoms with Gasteiger partial charge in [0.05, 0.1) is 4.90 Å². The van der Waals surface area contributed by atoms with Crippen molar-refractivity contribution in [2.24, 2.45) is 11.1 Å². The van der Waals surface area contributed by atoms with Crippen molar-refractivity contribution >= 4 is 15.9 Å². The van der Waals surface area contributed by atoms with E-state index in [9.17, 15) is 13.2 Å². The molecule has 1 amide bonds.